The van der Waals surface area contributed by atoms with E-state index in [0.717, 1.165) is 12.8 Å². The highest BCUT2D eigenvalue weighted by atomic mass is 14.8. The highest BCUT2D eigenvalue weighted by Gasteiger charge is 2.23. The van der Waals surface area contributed by atoms with Gasteiger partial charge in [0.1, 0.15) is 0 Å². The number of aromatic amines is 1. The van der Waals surface area contributed by atoms with Crippen LogP contribution in [0.15, 0.2) is 12.1 Å². The van der Waals surface area contributed by atoms with Crippen molar-refractivity contribution < 1.29 is 0 Å². The molecule has 0 bridgehead atoms. The van der Waals surface area contributed by atoms with Crippen LogP contribution in [0.4, 0.5) is 0 Å². The molecule has 1 aromatic heterocycles. The van der Waals surface area contributed by atoms with Gasteiger partial charge in [-0.3, -0.25) is 0 Å². The zero-order valence-corrected chi connectivity index (χ0v) is 9.93. The van der Waals surface area contributed by atoms with Gasteiger partial charge in [-0.25, -0.2) is 0 Å². The molecule has 84 valence electrons. The number of aromatic nitrogens is 1. The maximum atomic E-state index is 6.26. The van der Waals surface area contributed by atoms with Gasteiger partial charge in [-0.1, -0.05) is 12.1 Å². The van der Waals surface area contributed by atoms with E-state index in [0.29, 0.717) is 0 Å². The van der Waals surface area contributed by atoms with Gasteiger partial charge in [0.2, 0.25) is 0 Å². The maximum absolute atomic E-state index is 6.26. The van der Waals surface area contributed by atoms with E-state index in [2.05, 4.69) is 31.0 Å². The molecule has 1 heterocycles. The molecule has 0 saturated carbocycles. The van der Waals surface area contributed by atoms with Crippen LogP contribution < -0.4 is 5.73 Å². The summed E-state index contributed by atoms with van der Waals surface area (Å²) in [4.78, 5) is 3.58. The minimum Gasteiger partial charge on any atom is -0.358 e. The molecule has 3 N–H and O–H groups in total. The van der Waals surface area contributed by atoms with Crippen LogP contribution >= 0.6 is 0 Å². The fourth-order valence-electron chi connectivity index (χ4n) is 2.94. The Morgan fingerprint density at radius 2 is 2.00 bits per heavy atom. The molecule has 3 rings (SSSR count). The van der Waals surface area contributed by atoms with Gasteiger partial charge in [-0.2, -0.15) is 0 Å². The molecule has 0 radical (unpaired) electrons. The van der Waals surface area contributed by atoms with Gasteiger partial charge in [0, 0.05) is 22.6 Å². The van der Waals surface area contributed by atoms with Crippen LogP contribution in [-0.4, -0.2) is 4.98 Å². The summed E-state index contributed by atoms with van der Waals surface area (Å²) in [6.07, 6.45) is 3.48. The number of fused-ring (bicyclic) bond motifs is 3. The van der Waals surface area contributed by atoms with E-state index in [9.17, 15) is 0 Å². The number of nitrogens with two attached hydrogens (primary N) is 1. The lowest BCUT2D eigenvalue weighted by molar-refractivity contribution is 0.569. The highest BCUT2D eigenvalue weighted by molar-refractivity contribution is 5.90. The van der Waals surface area contributed by atoms with Crippen molar-refractivity contribution in [2.75, 3.05) is 0 Å². The van der Waals surface area contributed by atoms with Crippen LogP contribution in [0.2, 0.25) is 0 Å². The topological polar surface area (TPSA) is 41.8 Å². The summed E-state index contributed by atoms with van der Waals surface area (Å²) in [5, 5.41) is 1.38. The van der Waals surface area contributed by atoms with Gasteiger partial charge in [0.25, 0.3) is 0 Å². The predicted octanol–water partition coefficient (Wildman–Crippen LogP) is 3.12. The fourth-order valence-corrected chi connectivity index (χ4v) is 2.94. The summed E-state index contributed by atoms with van der Waals surface area (Å²) >= 11 is 0. The van der Waals surface area contributed by atoms with Crippen molar-refractivity contribution in [2.24, 2.45) is 5.73 Å². The lowest BCUT2D eigenvalue weighted by atomic mass is 9.90. The molecule has 0 aliphatic heterocycles. The normalized spacial score (nSPS) is 20.1. The SMILES string of the molecule is Cc1ccc(C)c2c3c([nH]c12)CCCC3N. The van der Waals surface area contributed by atoms with Gasteiger partial charge in [-0.15, -0.1) is 0 Å². The van der Waals surface area contributed by atoms with Gasteiger partial charge >= 0.3 is 0 Å². The van der Waals surface area contributed by atoms with Crippen LogP contribution in [0.1, 0.15) is 41.3 Å². The van der Waals surface area contributed by atoms with Crippen LogP contribution in [0.5, 0.6) is 0 Å². The maximum Gasteiger partial charge on any atom is 0.0491 e. The predicted molar refractivity (Wildman–Crippen MR) is 67.6 cm³/mol. The van der Waals surface area contributed by atoms with Crippen molar-refractivity contribution in [1.82, 2.24) is 4.98 Å². The molecule has 0 fully saturated rings. The molecule has 0 amide bonds. The summed E-state index contributed by atoms with van der Waals surface area (Å²) in [5.41, 5.74) is 13.0. The van der Waals surface area contributed by atoms with Crippen LogP contribution in [-0.2, 0) is 6.42 Å². The Bertz CT molecular complexity index is 551. The first-order chi connectivity index (χ1) is 7.68. The van der Waals surface area contributed by atoms with E-state index in [-0.39, 0.29) is 6.04 Å². The number of benzene rings is 1. The molecule has 2 nitrogen and oxygen atoms in total. The molecule has 1 unspecified atom stereocenters. The Morgan fingerprint density at radius 3 is 2.81 bits per heavy atom. The first-order valence-electron chi connectivity index (χ1n) is 6.04. The first-order valence-corrected chi connectivity index (χ1v) is 6.04. The van der Waals surface area contributed by atoms with E-state index in [4.69, 9.17) is 5.73 Å². The largest absolute Gasteiger partial charge is 0.358 e. The molecular weight excluding hydrogens is 196 g/mol. The number of H-pyrrole nitrogens is 1. The lowest BCUT2D eigenvalue weighted by Gasteiger charge is -2.19. The average molecular weight is 214 g/mol. The molecule has 0 saturated heterocycles. The summed E-state index contributed by atoms with van der Waals surface area (Å²) in [6.45, 7) is 4.34. The molecule has 1 aliphatic rings. The summed E-state index contributed by atoms with van der Waals surface area (Å²) in [7, 11) is 0. The van der Waals surface area contributed by atoms with Crippen molar-refractivity contribution >= 4 is 10.9 Å². The number of hydrogen-bond donors (Lipinski definition) is 2. The minimum atomic E-state index is 0.220. The third-order valence-electron chi connectivity index (χ3n) is 3.81. The summed E-state index contributed by atoms with van der Waals surface area (Å²) < 4.78 is 0. The third kappa shape index (κ3) is 1.23. The van der Waals surface area contributed by atoms with Crippen molar-refractivity contribution in [3.8, 4) is 0 Å². The van der Waals surface area contributed by atoms with Crippen molar-refractivity contribution in [3.63, 3.8) is 0 Å². The average Bonchev–Trinajstić information content (AvgIpc) is 2.65. The monoisotopic (exact) mass is 214 g/mol. The Balaban J connectivity index is 2.42. The molecule has 0 spiro atoms. The van der Waals surface area contributed by atoms with Crippen molar-refractivity contribution in [1.29, 1.82) is 0 Å². The first kappa shape index (κ1) is 9.91. The van der Waals surface area contributed by atoms with E-state index < -0.39 is 0 Å². The zero-order chi connectivity index (χ0) is 11.3. The number of aryl methyl sites for hydroxylation is 3. The van der Waals surface area contributed by atoms with Crippen molar-refractivity contribution in [2.45, 2.75) is 39.2 Å². The molecular formula is C14H18N2. The molecule has 2 heteroatoms. The third-order valence-corrected chi connectivity index (χ3v) is 3.81. The molecule has 1 aliphatic carbocycles. The molecule has 1 atom stereocenters. The van der Waals surface area contributed by atoms with Crippen LogP contribution in [0, 0.1) is 13.8 Å². The van der Waals surface area contributed by atoms with E-state index in [1.807, 2.05) is 0 Å². The van der Waals surface area contributed by atoms with Crippen molar-refractivity contribution in [3.05, 3.63) is 34.5 Å². The van der Waals surface area contributed by atoms with Gasteiger partial charge < -0.3 is 10.7 Å². The fraction of sp³-hybridized carbons (Fsp3) is 0.429. The highest BCUT2D eigenvalue weighted by Crippen LogP contribution is 2.36. The van der Waals surface area contributed by atoms with Gasteiger partial charge in [0.15, 0.2) is 0 Å². The van der Waals surface area contributed by atoms with E-state index >= 15 is 0 Å². The van der Waals surface area contributed by atoms with Gasteiger partial charge in [-0.05, 0) is 49.8 Å². The quantitative estimate of drug-likeness (QED) is 0.695. The molecule has 16 heavy (non-hydrogen) atoms. The van der Waals surface area contributed by atoms with Gasteiger partial charge in [0.05, 0.1) is 0 Å². The Hall–Kier alpha value is -1.28. The second-order valence-corrected chi connectivity index (χ2v) is 4.97. The second kappa shape index (κ2) is 3.36. The second-order valence-electron chi connectivity index (χ2n) is 4.97. The minimum absolute atomic E-state index is 0.220. The van der Waals surface area contributed by atoms with Crippen LogP contribution in [0.25, 0.3) is 10.9 Å². The smallest absolute Gasteiger partial charge is 0.0491 e. The Labute approximate surface area is 95.8 Å². The number of rotatable bonds is 0. The van der Waals surface area contributed by atoms with E-state index in [1.165, 1.54) is 39.7 Å². The molecule has 1 aromatic carbocycles. The van der Waals surface area contributed by atoms with E-state index in [1.54, 1.807) is 0 Å². The lowest BCUT2D eigenvalue weighted by Crippen LogP contribution is -2.16. The molecule has 2 aromatic rings. The number of nitrogens with one attached hydrogen (secondary N) is 1. The van der Waals surface area contributed by atoms with Crippen LogP contribution in [0.3, 0.4) is 0 Å². The Kier molecular flexibility index (Phi) is 2.08. The standard InChI is InChI=1S/C14H18N2/c1-8-6-7-9(2)14-12(8)13-10(15)4-3-5-11(13)16-14/h6-7,10,16H,3-5,15H2,1-2H3. The number of hydrogen-bond acceptors (Lipinski definition) is 1. The zero-order valence-electron chi connectivity index (χ0n) is 9.93. The Morgan fingerprint density at radius 1 is 1.25 bits per heavy atom. The summed E-state index contributed by atoms with van der Waals surface area (Å²) in [5.74, 6) is 0. The summed E-state index contributed by atoms with van der Waals surface area (Å²) in [6, 6.07) is 4.61.